The lowest BCUT2D eigenvalue weighted by Crippen LogP contribution is -1.90. The third kappa shape index (κ3) is 7.56. The zero-order valence-corrected chi connectivity index (χ0v) is 49.1. The van der Waals surface area contributed by atoms with Gasteiger partial charge >= 0.3 is 0 Å². The standard InChI is InChI=1S/C88H50O3/c1-2-15-52(16-3-1)84-64-20-6-8-22-66(64)85(67-23-9-7-21-65(67)84)53-31-29-51(30-32-53)56-35-40-79-75(45-56)78-46-57-19-14-28-62(73(57)50-83(78)90-79)58-33-38-63-59(43-58)34-39-72-74-47-60(37-42-81(74)91-88(63)72)86-68-24-10-12-26-70(68)87(71-27-13-11-25-69(71)86)61-36-41-80-76(48-61)77-44-54-17-4-5-18-55(54)49-82(77)89-80/h1-50H. The van der Waals surface area contributed by atoms with E-state index in [4.69, 9.17) is 13.3 Å². The van der Waals surface area contributed by atoms with E-state index in [0.717, 1.165) is 121 Å². The van der Waals surface area contributed by atoms with Gasteiger partial charge in [-0.2, -0.15) is 0 Å². The van der Waals surface area contributed by atoms with E-state index in [0.29, 0.717) is 0 Å². The van der Waals surface area contributed by atoms with E-state index < -0.39 is 0 Å². The molecule has 20 rings (SSSR count). The van der Waals surface area contributed by atoms with E-state index >= 15 is 0 Å². The zero-order valence-electron chi connectivity index (χ0n) is 49.1. The molecule has 0 fully saturated rings. The summed E-state index contributed by atoms with van der Waals surface area (Å²) in [5.41, 5.74) is 19.6. The first-order valence-electron chi connectivity index (χ1n) is 31.3. The highest BCUT2D eigenvalue weighted by Gasteiger charge is 2.22. The minimum absolute atomic E-state index is 0.867. The van der Waals surface area contributed by atoms with Crippen molar-refractivity contribution >= 4 is 141 Å². The molecule has 0 bridgehead atoms. The van der Waals surface area contributed by atoms with Crippen molar-refractivity contribution in [3.63, 3.8) is 0 Å². The van der Waals surface area contributed by atoms with Crippen LogP contribution in [-0.2, 0) is 0 Å². The second kappa shape index (κ2) is 19.2. The van der Waals surface area contributed by atoms with Crippen LogP contribution in [0.3, 0.4) is 0 Å². The van der Waals surface area contributed by atoms with Crippen molar-refractivity contribution in [3.05, 3.63) is 303 Å². The molecule has 91 heavy (non-hydrogen) atoms. The normalized spacial score (nSPS) is 12.2. The third-order valence-electron chi connectivity index (χ3n) is 19.6. The summed E-state index contributed by atoms with van der Waals surface area (Å²) in [5.74, 6) is 0. The zero-order chi connectivity index (χ0) is 59.4. The molecule has 0 N–H and O–H groups in total. The topological polar surface area (TPSA) is 39.4 Å². The van der Waals surface area contributed by atoms with Gasteiger partial charge in [0, 0.05) is 37.7 Å². The summed E-state index contributed by atoms with van der Waals surface area (Å²) < 4.78 is 20.1. The first kappa shape index (κ1) is 50.0. The monoisotopic (exact) mass is 1150 g/mol. The molecule has 0 saturated heterocycles. The third-order valence-corrected chi connectivity index (χ3v) is 19.6. The van der Waals surface area contributed by atoms with Gasteiger partial charge in [-0.3, -0.25) is 0 Å². The van der Waals surface area contributed by atoms with E-state index in [-0.39, 0.29) is 0 Å². The van der Waals surface area contributed by atoms with Gasteiger partial charge in [0.05, 0.1) is 0 Å². The Morgan fingerprint density at radius 3 is 1.12 bits per heavy atom. The quantitative estimate of drug-likeness (QED) is 0.156. The van der Waals surface area contributed by atoms with E-state index in [1.165, 1.54) is 87.2 Å². The number of hydrogen-bond donors (Lipinski definition) is 0. The summed E-state index contributed by atoms with van der Waals surface area (Å²) in [6.07, 6.45) is 0. The number of rotatable bonds is 6. The summed E-state index contributed by atoms with van der Waals surface area (Å²) in [5, 5.41) is 23.4. The molecule has 0 atom stereocenters. The molecule has 3 nitrogen and oxygen atoms in total. The molecular formula is C88H50O3. The Morgan fingerprint density at radius 1 is 0.154 bits per heavy atom. The van der Waals surface area contributed by atoms with E-state index in [9.17, 15) is 0 Å². The summed E-state index contributed by atoms with van der Waals surface area (Å²) in [6, 6.07) is 111. The molecule has 3 aromatic heterocycles. The van der Waals surface area contributed by atoms with Crippen LogP contribution in [0.2, 0.25) is 0 Å². The Kier molecular flexibility index (Phi) is 10.6. The lowest BCUT2D eigenvalue weighted by molar-refractivity contribution is 0.669. The Morgan fingerprint density at radius 2 is 0.538 bits per heavy atom. The highest BCUT2D eigenvalue weighted by Crippen LogP contribution is 2.49. The van der Waals surface area contributed by atoms with Crippen LogP contribution in [0.5, 0.6) is 0 Å². The smallest absolute Gasteiger partial charge is 0.143 e. The number of fused-ring (bicyclic) bond motifs is 17. The van der Waals surface area contributed by atoms with Gasteiger partial charge in [-0.1, -0.05) is 224 Å². The number of benzene rings is 17. The lowest BCUT2D eigenvalue weighted by Gasteiger charge is -2.18. The van der Waals surface area contributed by atoms with E-state index in [1.807, 2.05) is 0 Å². The predicted octanol–water partition coefficient (Wildman–Crippen LogP) is 25.5. The van der Waals surface area contributed by atoms with Gasteiger partial charge in [0.15, 0.2) is 0 Å². The van der Waals surface area contributed by atoms with E-state index in [1.54, 1.807) is 0 Å². The Balaban J connectivity index is 0.641. The fourth-order valence-electron chi connectivity index (χ4n) is 15.4. The lowest BCUT2D eigenvalue weighted by atomic mass is 9.85. The van der Waals surface area contributed by atoms with Crippen molar-refractivity contribution < 1.29 is 13.3 Å². The van der Waals surface area contributed by atoms with Crippen molar-refractivity contribution in [2.24, 2.45) is 0 Å². The second-order valence-electron chi connectivity index (χ2n) is 24.5. The second-order valence-corrected chi connectivity index (χ2v) is 24.5. The van der Waals surface area contributed by atoms with Gasteiger partial charge in [0.25, 0.3) is 0 Å². The summed E-state index contributed by atoms with van der Waals surface area (Å²) in [7, 11) is 0. The fraction of sp³-hybridized carbons (Fsp3) is 0. The maximum Gasteiger partial charge on any atom is 0.143 e. The van der Waals surface area contributed by atoms with Crippen LogP contribution < -0.4 is 0 Å². The largest absolute Gasteiger partial charge is 0.456 e. The molecule has 0 radical (unpaired) electrons. The van der Waals surface area contributed by atoms with Crippen LogP contribution in [0, 0.1) is 0 Å². The average Bonchev–Trinajstić information content (AvgIpc) is 1.63. The molecule has 0 amide bonds. The van der Waals surface area contributed by atoms with Gasteiger partial charge in [-0.15, -0.1) is 0 Å². The maximum absolute atomic E-state index is 6.87. The van der Waals surface area contributed by atoms with Crippen molar-refractivity contribution in [3.8, 4) is 66.8 Å². The van der Waals surface area contributed by atoms with Gasteiger partial charge < -0.3 is 13.3 Å². The molecule has 3 heterocycles. The van der Waals surface area contributed by atoms with Crippen LogP contribution in [0.4, 0.5) is 0 Å². The first-order valence-corrected chi connectivity index (χ1v) is 31.3. The Bertz CT molecular complexity index is 6380. The Hall–Kier alpha value is -12.0. The van der Waals surface area contributed by atoms with Crippen molar-refractivity contribution in [1.29, 1.82) is 0 Å². The van der Waals surface area contributed by atoms with Gasteiger partial charge in [-0.05, 0) is 216 Å². The molecule has 420 valence electrons. The first-order chi connectivity index (χ1) is 45.1. The van der Waals surface area contributed by atoms with Gasteiger partial charge in [-0.25, -0.2) is 0 Å². The van der Waals surface area contributed by atoms with Crippen LogP contribution in [0.15, 0.2) is 317 Å². The molecule has 0 spiro atoms. The van der Waals surface area contributed by atoms with Crippen LogP contribution in [0.25, 0.3) is 208 Å². The van der Waals surface area contributed by atoms with Gasteiger partial charge in [0.2, 0.25) is 0 Å². The molecular weight excluding hydrogens is 1100 g/mol. The molecule has 0 unspecified atom stereocenters. The number of hydrogen-bond acceptors (Lipinski definition) is 3. The van der Waals surface area contributed by atoms with Crippen molar-refractivity contribution in [2.75, 3.05) is 0 Å². The summed E-state index contributed by atoms with van der Waals surface area (Å²) >= 11 is 0. The highest BCUT2D eigenvalue weighted by atomic mass is 16.3. The molecule has 3 heteroatoms. The van der Waals surface area contributed by atoms with Crippen LogP contribution in [0.1, 0.15) is 0 Å². The molecule has 0 saturated carbocycles. The van der Waals surface area contributed by atoms with Gasteiger partial charge in [0.1, 0.15) is 33.5 Å². The molecule has 20 aromatic rings. The Labute approximate surface area is 521 Å². The van der Waals surface area contributed by atoms with Crippen LogP contribution in [-0.4, -0.2) is 0 Å². The average molecular weight is 1160 g/mol. The van der Waals surface area contributed by atoms with Crippen molar-refractivity contribution in [1.82, 2.24) is 0 Å². The maximum atomic E-state index is 6.87. The number of furan rings is 3. The summed E-state index contributed by atoms with van der Waals surface area (Å²) in [4.78, 5) is 0. The molecule has 0 aliphatic heterocycles. The van der Waals surface area contributed by atoms with Crippen molar-refractivity contribution in [2.45, 2.75) is 0 Å². The highest BCUT2D eigenvalue weighted by molar-refractivity contribution is 6.25. The minimum atomic E-state index is 0.867. The predicted molar refractivity (Wildman–Crippen MR) is 383 cm³/mol. The van der Waals surface area contributed by atoms with E-state index in [2.05, 4.69) is 303 Å². The molecule has 0 aliphatic rings. The fourth-order valence-corrected chi connectivity index (χ4v) is 15.4. The minimum Gasteiger partial charge on any atom is -0.456 e. The van der Waals surface area contributed by atoms with Crippen LogP contribution >= 0.6 is 0 Å². The molecule has 17 aromatic carbocycles. The summed E-state index contributed by atoms with van der Waals surface area (Å²) in [6.45, 7) is 0. The molecule has 0 aliphatic carbocycles. The SMILES string of the molecule is c1ccc(-c2c3ccccc3c(-c3ccc(-c4ccc5oc6cc7c(-c8ccc9c(ccc%10c%11cc(-c%12c%13ccccc%13c(-c%13ccc%14oc%15cc%16ccccc%16cc%15c%14c%13)c%13ccccc%12%13)ccc%11oc9%10)c8)cccc7cc6c5c4)cc3)c3ccccc23)cc1.